The SMILES string of the molecule is Nc1cc(F)cc(C(=O)N2CCn3cnnc3C2)c1. The Balaban J connectivity index is 1.85. The van der Waals surface area contributed by atoms with Gasteiger partial charge in [-0.25, -0.2) is 4.39 Å². The van der Waals surface area contributed by atoms with Crippen molar-refractivity contribution in [2.75, 3.05) is 12.3 Å². The van der Waals surface area contributed by atoms with Gasteiger partial charge < -0.3 is 15.2 Å². The number of fused-ring (bicyclic) bond motifs is 1. The fourth-order valence-electron chi connectivity index (χ4n) is 2.16. The molecule has 0 radical (unpaired) electrons. The Labute approximate surface area is 108 Å². The third kappa shape index (κ3) is 2.14. The second-order valence-corrected chi connectivity index (χ2v) is 4.44. The van der Waals surface area contributed by atoms with Crippen molar-refractivity contribution >= 4 is 11.6 Å². The van der Waals surface area contributed by atoms with Crippen molar-refractivity contribution in [2.24, 2.45) is 0 Å². The molecule has 0 saturated heterocycles. The molecule has 6 nitrogen and oxygen atoms in total. The van der Waals surface area contributed by atoms with Gasteiger partial charge in [0.05, 0.1) is 6.54 Å². The highest BCUT2D eigenvalue weighted by Gasteiger charge is 2.23. The minimum Gasteiger partial charge on any atom is -0.399 e. The molecule has 2 aromatic rings. The molecule has 0 bridgehead atoms. The zero-order chi connectivity index (χ0) is 13.4. The Bertz CT molecular complexity index is 619. The number of hydrogen-bond donors (Lipinski definition) is 1. The number of nitrogens with two attached hydrogens (primary N) is 1. The van der Waals surface area contributed by atoms with Gasteiger partial charge in [-0.2, -0.15) is 0 Å². The molecular formula is C12H12FN5O. The summed E-state index contributed by atoms with van der Waals surface area (Å²) in [5.74, 6) is -0.0343. The molecule has 1 aliphatic heterocycles. The van der Waals surface area contributed by atoms with Crippen LogP contribution in [-0.4, -0.2) is 32.1 Å². The van der Waals surface area contributed by atoms with Crippen molar-refractivity contribution in [1.29, 1.82) is 0 Å². The Morgan fingerprint density at radius 2 is 2.16 bits per heavy atom. The van der Waals surface area contributed by atoms with E-state index in [4.69, 9.17) is 5.73 Å². The average Bonchev–Trinajstić information content (AvgIpc) is 2.83. The molecule has 0 fully saturated rings. The number of benzene rings is 1. The minimum atomic E-state index is -0.511. The Kier molecular flexibility index (Phi) is 2.66. The van der Waals surface area contributed by atoms with Gasteiger partial charge in [-0.3, -0.25) is 4.79 Å². The van der Waals surface area contributed by atoms with Crippen LogP contribution in [0.15, 0.2) is 24.5 Å². The zero-order valence-corrected chi connectivity index (χ0v) is 10.1. The fourth-order valence-corrected chi connectivity index (χ4v) is 2.16. The highest BCUT2D eigenvalue weighted by molar-refractivity contribution is 5.95. The highest BCUT2D eigenvalue weighted by Crippen LogP contribution is 2.16. The highest BCUT2D eigenvalue weighted by atomic mass is 19.1. The lowest BCUT2D eigenvalue weighted by atomic mass is 10.1. The summed E-state index contributed by atoms with van der Waals surface area (Å²) >= 11 is 0. The molecule has 1 aromatic carbocycles. The summed E-state index contributed by atoms with van der Waals surface area (Å²) < 4.78 is 15.2. The summed E-state index contributed by atoms with van der Waals surface area (Å²) in [6, 6.07) is 3.85. The first kappa shape index (κ1) is 11.6. The first-order valence-electron chi connectivity index (χ1n) is 5.85. The van der Waals surface area contributed by atoms with Gasteiger partial charge in [0.2, 0.25) is 0 Å². The maximum Gasteiger partial charge on any atom is 0.254 e. The Hall–Kier alpha value is -2.44. The molecule has 0 spiro atoms. The van der Waals surface area contributed by atoms with Gasteiger partial charge >= 0.3 is 0 Å². The van der Waals surface area contributed by atoms with Crippen molar-refractivity contribution in [3.8, 4) is 0 Å². The van der Waals surface area contributed by atoms with Crippen LogP contribution in [0.1, 0.15) is 16.2 Å². The van der Waals surface area contributed by atoms with E-state index >= 15 is 0 Å². The molecule has 0 unspecified atom stereocenters. The second kappa shape index (κ2) is 4.34. The monoisotopic (exact) mass is 261 g/mol. The van der Waals surface area contributed by atoms with E-state index in [-0.39, 0.29) is 17.2 Å². The molecule has 98 valence electrons. The predicted molar refractivity (Wildman–Crippen MR) is 65.6 cm³/mol. The molecule has 2 heterocycles. The number of rotatable bonds is 1. The normalized spacial score (nSPS) is 14.3. The number of aromatic nitrogens is 3. The number of nitrogens with zero attached hydrogens (tertiary/aromatic N) is 4. The van der Waals surface area contributed by atoms with Crippen molar-refractivity contribution in [2.45, 2.75) is 13.1 Å². The van der Waals surface area contributed by atoms with Crippen molar-refractivity contribution < 1.29 is 9.18 Å². The summed E-state index contributed by atoms with van der Waals surface area (Å²) in [5, 5.41) is 7.73. The number of nitrogen functional groups attached to an aromatic ring is 1. The van der Waals surface area contributed by atoms with Gasteiger partial charge in [-0.15, -0.1) is 10.2 Å². The van der Waals surface area contributed by atoms with E-state index in [1.807, 2.05) is 4.57 Å². The maximum atomic E-state index is 13.3. The molecule has 0 saturated carbocycles. The van der Waals surface area contributed by atoms with E-state index in [1.54, 1.807) is 11.2 Å². The molecule has 2 N–H and O–H groups in total. The number of carbonyl (C=O) groups excluding carboxylic acids is 1. The van der Waals surface area contributed by atoms with Crippen LogP contribution in [0.3, 0.4) is 0 Å². The first-order valence-corrected chi connectivity index (χ1v) is 5.85. The van der Waals surface area contributed by atoms with Crippen molar-refractivity contribution in [1.82, 2.24) is 19.7 Å². The Morgan fingerprint density at radius 3 is 2.95 bits per heavy atom. The van der Waals surface area contributed by atoms with Crippen molar-refractivity contribution in [3.05, 3.63) is 41.7 Å². The summed E-state index contributed by atoms with van der Waals surface area (Å²) in [5.41, 5.74) is 6.04. The van der Waals surface area contributed by atoms with Crippen LogP contribution in [-0.2, 0) is 13.1 Å². The van der Waals surface area contributed by atoms with E-state index in [0.29, 0.717) is 19.6 Å². The minimum absolute atomic E-state index is 0.239. The van der Waals surface area contributed by atoms with Crippen molar-refractivity contribution in [3.63, 3.8) is 0 Å². The largest absolute Gasteiger partial charge is 0.399 e. The van der Waals surface area contributed by atoms with Gasteiger partial charge in [-0.1, -0.05) is 0 Å². The predicted octanol–water partition coefficient (Wildman–Crippen LogP) is 0.655. The van der Waals surface area contributed by atoms with Gasteiger partial charge in [0.25, 0.3) is 5.91 Å². The lowest BCUT2D eigenvalue weighted by Gasteiger charge is -2.27. The lowest BCUT2D eigenvalue weighted by Crippen LogP contribution is -2.38. The van der Waals surface area contributed by atoms with Gasteiger partial charge in [0.1, 0.15) is 12.1 Å². The number of amides is 1. The average molecular weight is 261 g/mol. The lowest BCUT2D eigenvalue weighted by molar-refractivity contribution is 0.0707. The standard InChI is InChI=1S/C12H12FN5O/c13-9-3-8(4-10(14)5-9)12(19)17-1-2-18-7-15-16-11(18)6-17/h3-5,7H,1-2,6,14H2. The summed E-state index contributed by atoms with van der Waals surface area (Å²) in [4.78, 5) is 13.9. The Morgan fingerprint density at radius 1 is 1.32 bits per heavy atom. The molecule has 1 amide bonds. The molecule has 0 atom stereocenters. The van der Waals surface area contributed by atoms with E-state index in [9.17, 15) is 9.18 Å². The topological polar surface area (TPSA) is 77.0 Å². The van der Waals surface area contributed by atoms with E-state index in [2.05, 4.69) is 10.2 Å². The number of halogens is 1. The van der Waals surface area contributed by atoms with Crippen LogP contribution in [0.25, 0.3) is 0 Å². The third-order valence-electron chi connectivity index (χ3n) is 3.09. The van der Waals surface area contributed by atoms with Crippen LogP contribution in [0.4, 0.5) is 10.1 Å². The van der Waals surface area contributed by atoms with Crippen LogP contribution in [0.2, 0.25) is 0 Å². The number of carbonyl (C=O) groups is 1. The van der Waals surface area contributed by atoms with Crippen LogP contribution in [0.5, 0.6) is 0 Å². The second-order valence-electron chi connectivity index (χ2n) is 4.44. The summed E-state index contributed by atoms with van der Waals surface area (Å²) in [6.45, 7) is 1.55. The smallest absolute Gasteiger partial charge is 0.254 e. The zero-order valence-electron chi connectivity index (χ0n) is 10.1. The number of hydrogen-bond acceptors (Lipinski definition) is 4. The first-order chi connectivity index (χ1) is 9.13. The van der Waals surface area contributed by atoms with Gasteiger partial charge in [-0.05, 0) is 18.2 Å². The van der Waals surface area contributed by atoms with E-state index in [1.165, 1.54) is 18.2 Å². The summed E-state index contributed by atoms with van der Waals surface area (Å²) in [7, 11) is 0. The fraction of sp³-hybridized carbons (Fsp3) is 0.250. The molecule has 7 heteroatoms. The summed E-state index contributed by atoms with van der Waals surface area (Å²) in [6.07, 6.45) is 1.64. The van der Waals surface area contributed by atoms with Crippen LogP contribution in [0, 0.1) is 5.82 Å². The van der Waals surface area contributed by atoms with E-state index < -0.39 is 5.82 Å². The van der Waals surface area contributed by atoms with Gasteiger partial charge in [0, 0.05) is 24.3 Å². The third-order valence-corrected chi connectivity index (χ3v) is 3.09. The quantitative estimate of drug-likeness (QED) is 0.765. The molecule has 1 aliphatic rings. The maximum absolute atomic E-state index is 13.3. The van der Waals surface area contributed by atoms with E-state index in [0.717, 1.165) is 5.82 Å². The van der Waals surface area contributed by atoms with Gasteiger partial charge in [0.15, 0.2) is 5.82 Å². The molecule has 1 aromatic heterocycles. The van der Waals surface area contributed by atoms with Crippen LogP contribution >= 0.6 is 0 Å². The molecule has 0 aliphatic carbocycles. The van der Waals surface area contributed by atoms with Crippen LogP contribution < -0.4 is 5.73 Å². The molecular weight excluding hydrogens is 249 g/mol. The molecule has 3 rings (SSSR count). The number of anilines is 1. The molecule has 19 heavy (non-hydrogen) atoms.